The third-order valence-corrected chi connectivity index (χ3v) is 7.24. The van der Waals surface area contributed by atoms with Gasteiger partial charge in [-0.3, -0.25) is 14.6 Å². The second-order valence-corrected chi connectivity index (χ2v) is 10.2. The zero-order valence-electron chi connectivity index (χ0n) is 22.0. The molecule has 38 heavy (non-hydrogen) atoms. The Labute approximate surface area is 222 Å². The summed E-state index contributed by atoms with van der Waals surface area (Å²) in [7, 11) is -2.39. The van der Waals surface area contributed by atoms with Gasteiger partial charge in [0.1, 0.15) is 17.8 Å². The number of methoxy groups -OCH3 is 1. The van der Waals surface area contributed by atoms with E-state index in [4.69, 9.17) is 32.2 Å². The summed E-state index contributed by atoms with van der Waals surface area (Å²) in [5.41, 5.74) is 19.1. The molecule has 0 unspecified atom stereocenters. The number of aryl methyl sites for hydroxylation is 1. The van der Waals surface area contributed by atoms with Crippen molar-refractivity contribution in [3.05, 3.63) is 58.7 Å². The number of nitrogens with zero attached hydrogens (tertiary/aromatic N) is 1. The number of carboxylic acids is 2. The van der Waals surface area contributed by atoms with Crippen LogP contribution in [0.4, 0.5) is 0 Å². The van der Waals surface area contributed by atoms with E-state index in [1.54, 1.807) is 26.8 Å². The highest BCUT2D eigenvalue weighted by atomic mass is 32.2. The summed E-state index contributed by atoms with van der Waals surface area (Å²) < 4.78 is 32.8. The maximum Gasteiger partial charge on any atom is 0.320 e. The second-order valence-electron chi connectivity index (χ2n) is 8.57. The summed E-state index contributed by atoms with van der Waals surface area (Å²) in [6.45, 7) is 5.30. The molecule has 2 aromatic carbocycles. The summed E-state index contributed by atoms with van der Waals surface area (Å²) in [4.78, 5) is 25.0. The number of hydrogen-bond acceptors (Lipinski definition) is 8. The van der Waals surface area contributed by atoms with Crippen molar-refractivity contribution in [1.82, 2.24) is 4.72 Å². The molecule has 2 aromatic rings. The van der Waals surface area contributed by atoms with Gasteiger partial charge in [0.25, 0.3) is 10.0 Å². The number of carbonyl (C=O) groups is 2. The molecular formula is C25H37N5O7S. The summed E-state index contributed by atoms with van der Waals surface area (Å²) in [6, 6.07) is 9.22. The summed E-state index contributed by atoms with van der Waals surface area (Å²) in [5, 5.41) is 17.2. The molecule has 210 valence electrons. The Balaban J connectivity index is 0.000000499. The molecule has 0 spiro atoms. The van der Waals surface area contributed by atoms with Gasteiger partial charge >= 0.3 is 11.9 Å². The standard InChI is InChI=1S/C16H26N4O5S.C9H11NO2/c1-9-8-13(25-4)10(2)11(3)14(9)26(23,24)20-16(18)19-7-5-6-12(17)15(21)22;10-8(9(11)12)6-7-4-2-1-3-5-7/h8,12H,5-7,17H2,1-4H3,(H,21,22)(H3,18,19,20);1-5,8H,6,10H2,(H,11,12)/t12-;8-/m00/s1. The monoisotopic (exact) mass is 551 g/mol. The van der Waals surface area contributed by atoms with Crippen LogP contribution in [-0.2, 0) is 26.0 Å². The van der Waals surface area contributed by atoms with Crippen LogP contribution < -0.4 is 26.7 Å². The normalized spacial score (nSPS) is 13.1. The molecular weight excluding hydrogens is 514 g/mol. The molecule has 0 bridgehead atoms. The number of carboxylic acid groups (broad SMARTS) is 2. The largest absolute Gasteiger partial charge is 0.496 e. The lowest BCUT2D eigenvalue weighted by atomic mass is 10.1. The maximum atomic E-state index is 12.7. The first-order valence-corrected chi connectivity index (χ1v) is 13.2. The van der Waals surface area contributed by atoms with Gasteiger partial charge in [0, 0.05) is 6.54 Å². The minimum absolute atomic E-state index is 0.127. The lowest BCUT2D eigenvalue weighted by molar-refractivity contribution is -0.139. The number of aliphatic carboxylic acids is 2. The van der Waals surface area contributed by atoms with Gasteiger partial charge in [-0.15, -0.1) is 0 Å². The van der Waals surface area contributed by atoms with Crippen LogP contribution in [0.3, 0.4) is 0 Å². The first kappa shape index (κ1) is 32.3. The van der Waals surface area contributed by atoms with Crippen LogP contribution in [0.1, 0.15) is 35.1 Å². The third-order valence-electron chi connectivity index (χ3n) is 5.59. The number of aliphatic imine (C=N–C) groups is 1. The summed E-state index contributed by atoms with van der Waals surface area (Å²) >= 11 is 0. The molecule has 0 fully saturated rings. The number of nitrogens with one attached hydrogen (secondary N) is 1. The Kier molecular flexibility index (Phi) is 12.7. The van der Waals surface area contributed by atoms with Gasteiger partial charge in [0.05, 0.1) is 12.0 Å². The van der Waals surface area contributed by atoms with Crippen LogP contribution in [0.5, 0.6) is 5.75 Å². The second kappa shape index (κ2) is 14.9. The molecule has 9 N–H and O–H groups in total. The van der Waals surface area contributed by atoms with E-state index in [2.05, 4.69) is 9.71 Å². The van der Waals surface area contributed by atoms with Crippen LogP contribution >= 0.6 is 0 Å². The molecule has 0 saturated heterocycles. The molecule has 0 heterocycles. The van der Waals surface area contributed by atoms with Crippen molar-refractivity contribution >= 4 is 27.9 Å². The molecule has 2 atom stereocenters. The van der Waals surface area contributed by atoms with Crippen molar-refractivity contribution in [1.29, 1.82) is 0 Å². The highest BCUT2D eigenvalue weighted by Gasteiger charge is 2.23. The lowest BCUT2D eigenvalue weighted by Crippen LogP contribution is -2.37. The van der Waals surface area contributed by atoms with Crippen LogP contribution in [-0.4, -0.2) is 62.3 Å². The van der Waals surface area contributed by atoms with E-state index >= 15 is 0 Å². The van der Waals surface area contributed by atoms with Crippen LogP contribution in [0.15, 0.2) is 46.3 Å². The van der Waals surface area contributed by atoms with Gasteiger partial charge in [-0.25, -0.2) is 13.1 Å². The highest BCUT2D eigenvalue weighted by Crippen LogP contribution is 2.30. The number of rotatable bonds is 11. The maximum absolute atomic E-state index is 12.7. The van der Waals surface area contributed by atoms with Gasteiger partial charge < -0.3 is 32.2 Å². The van der Waals surface area contributed by atoms with Crippen molar-refractivity contribution < 1.29 is 33.0 Å². The minimum Gasteiger partial charge on any atom is -0.496 e. The first-order chi connectivity index (χ1) is 17.7. The summed E-state index contributed by atoms with van der Waals surface area (Å²) in [6.07, 6.45) is 0.973. The van der Waals surface area contributed by atoms with Crippen LogP contribution in [0.2, 0.25) is 0 Å². The van der Waals surface area contributed by atoms with E-state index in [-0.39, 0.29) is 23.8 Å². The van der Waals surface area contributed by atoms with Crippen molar-refractivity contribution in [3.63, 3.8) is 0 Å². The molecule has 0 aliphatic heterocycles. The molecule has 2 rings (SSSR count). The van der Waals surface area contributed by atoms with Gasteiger partial charge in [0.2, 0.25) is 5.96 Å². The minimum atomic E-state index is -3.92. The Morgan fingerprint density at radius 2 is 1.61 bits per heavy atom. The lowest BCUT2D eigenvalue weighted by Gasteiger charge is -2.16. The van der Waals surface area contributed by atoms with E-state index in [9.17, 15) is 18.0 Å². The number of hydrogen-bond donors (Lipinski definition) is 6. The highest BCUT2D eigenvalue weighted by molar-refractivity contribution is 7.90. The predicted octanol–water partition coefficient (Wildman–Crippen LogP) is 1.05. The van der Waals surface area contributed by atoms with Crippen molar-refractivity contribution in [2.75, 3.05) is 13.7 Å². The van der Waals surface area contributed by atoms with E-state index < -0.39 is 34.0 Å². The van der Waals surface area contributed by atoms with Crippen molar-refractivity contribution in [2.24, 2.45) is 22.2 Å². The van der Waals surface area contributed by atoms with Crippen LogP contribution in [0.25, 0.3) is 0 Å². The van der Waals surface area contributed by atoms with Gasteiger partial charge in [0.15, 0.2) is 0 Å². The zero-order chi connectivity index (χ0) is 29.0. The van der Waals surface area contributed by atoms with Crippen molar-refractivity contribution in [2.45, 2.75) is 57.0 Å². The smallest absolute Gasteiger partial charge is 0.320 e. The Morgan fingerprint density at radius 1 is 1.03 bits per heavy atom. The van der Waals surface area contributed by atoms with Gasteiger partial charge in [-0.2, -0.15) is 0 Å². The Morgan fingerprint density at radius 3 is 2.13 bits per heavy atom. The molecule has 0 saturated carbocycles. The van der Waals surface area contributed by atoms with Crippen molar-refractivity contribution in [3.8, 4) is 5.75 Å². The fourth-order valence-electron chi connectivity index (χ4n) is 3.46. The number of ether oxygens (including phenoxy) is 1. The molecule has 0 amide bonds. The molecule has 0 radical (unpaired) electrons. The van der Waals surface area contributed by atoms with Crippen LogP contribution in [0, 0.1) is 20.8 Å². The zero-order valence-corrected chi connectivity index (χ0v) is 22.8. The Hall–Kier alpha value is -3.68. The fourth-order valence-corrected chi connectivity index (χ4v) is 4.94. The molecule has 12 nitrogen and oxygen atoms in total. The van der Waals surface area contributed by atoms with Gasteiger partial charge in [-0.05, 0) is 68.4 Å². The predicted molar refractivity (Wildman–Crippen MR) is 145 cm³/mol. The van der Waals surface area contributed by atoms with Gasteiger partial charge in [-0.1, -0.05) is 30.3 Å². The van der Waals surface area contributed by atoms with E-state index in [0.717, 1.165) is 11.1 Å². The third kappa shape index (κ3) is 10.00. The SMILES string of the molecule is COc1cc(C)c(S(=O)(=O)NC(N)=NCCC[C@H](N)C(=O)O)c(C)c1C.N[C@@H](Cc1ccccc1)C(=O)O. The average Bonchev–Trinajstić information content (AvgIpc) is 2.84. The average molecular weight is 552 g/mol. The van der Waals surface area contributed by atoms with E-state index in [0.29, 0.717) is 29.7 Å². The Bertz CT molecular complexity index is 1230. The van der Waals surface area contributed by atoms with E-state index in [1.807, 2.05) is 30.3 Å². The quantitative estimate of drug-likeness (QED) is 0.132. The molecule has 13 heteroatoms. The fraction of sp³-hybridized carbons (Fsp3) is 0.400. The number of nitrogens with two attached hydrogens (primary N) is 3. The molecule has 0 aliphatic carbocycles. The number of guanidine groups is 1. The number of benzene rings is 2. The van der Waals surface area contributed by atoms with E-state index in [1.165, 1.54) is 7.11 Å². The molecule has 0 aromatic heterocycles. The topological polar surface area (TPSA) is 220 Å². The summed E-state index contributed by atoms with van der Waals surface area (Å²) in [5.74, 6) is -1.71. The first-order valence-electron chi connectivity index (χ1n) is 11.7. The number of sulfonamides is 1. The molecule has 0 aliphatic rings.